The summed E-state index contributed by atoms with van der Waals surface area (Å²) in [5.41, 5.74) is 3.33. The Morgan fingerprint density at radius 3 is 2.26 bits per heavy atom. The quantitative estimate of drug-likeness (QED) is 0.391. The fourth-order valence-electron chi connectivity index (χ4n) is 4.77. The van der Waals surface area contributed by atoms with Crippen LogP contribution >= 0.6 is 0 Å². The fourth-order valence-corrected chi connectivity index (χ4v) is 4.77. The van der Waals surface area contributed by atoms with Crippen molar-refractivity contribution < 1.29 is 9.59 Å². The van der Waals surface area contributed by atoms with Crippen LogP contribution in [0.25, 0.3) is 0 Å². The zero-order valence-electron chi connectivity index (χ0n) is 21.7. The molecule has 1 aliphatic heterocycles. The van der Waals surface area contributed by atoms with Gasteiger partial charge in [0.25, 0.3) is 5.91 Å². The van der Waals surface area contributed by atoms with Crippen LogP contribution in [0.3, 0.4) is 0 Å². The Morgan fingerprint density at radius 2 is 1.60 bits per heavy atom. The molecule has 1 fully saturated rings. The Balaban J connectivity index is 1.41. The van der Waals surface area contributed by atoms with E-state index in [4.69, 9.17) is 0 Å². The van der Waals surface area contributed by atoms with Gasteiger partial charge < -0.3 is 10.2 Å². The van der Waals surface area contributed by atoms with E-state index in [-0.39, 0.29) is 17.9 Å². The molecule has 0 aliphatic carbocycles. The van der Waals surface area contributed by atoms with Gasteiger partial charge in [-0.15, -0.1) is 0 Å². The van der Waals surface area contributed by atoms with Crippen molar-refractivity contribution in [2.24, 2.45) is 0 Å². The van der Waals surface area contributed by atoms with Crippen molar-refractivity contribution in [1.82, 2.24) is 15.1 Å². The summed E-state index contributed by atoms with van der Waals surface area (Å²) in [5, 5.41) is 3.21. The minimum Gasteiger partial charge on any atom is -0.353 e. The van der Waals surface area contributed by atoms with Gasteiger partial charge in [-0.05, 0) is 55.4 Å². The maximum atomic E-state index is 13.1. The third kappa shape index (κ3) is 9.14. The lowest BCUT2D eigenvalue weighted by Gasteiger charge is -2.32. The Hall–Kier alpha value is -2.66. The zero-order valence-corrected chi connectivity index (χ0v) is 21.7. The summed E-state index contributed by atoms with van der Waals surface area (Å²) in [7, 11) is 0. The second kappa shape index (κ2) is 14.7. The van der Waals surface area contributed by atoms with Crippen molar-refractivity contribution in [2.45, 2.75) is 77.8 Å². The molecule has 3 rings (SSSR count). The molecule has 2 aromatic rings. The minimum atomic E-state index is 0.0222. The number of piperidine rings is 1. The number of likely N-dealkylation sites (tertiary alicyclic amines) is 1. The summed E-state index contributed by atoms with van der Waals surface area (Å²) in [5.74, 6) is 0.0701. The number of hydrogen-bond acceptors (Lipinski definition) is 3. The van der Waals surface area contributed by atoms with Gasteiger partial charge in [0, 0.05) is 50.7 Å². The molecule has 5 heteroatoms. The van der Waals surface area contributed by atoms with Gasteiger partial charge in [-0.2, -0.15) is 0 Å². The van der Waals surface area contributed by atoms with Gasteiger partial charge in [-0.25, -0.2) is 0 Å². The van der Waals surface area contributed by atoms with Gasteiger partial charge in [-0.1, -0.05) is 69.2 Å². The zero-order chi connectivity index (χ0) is 24.9. The van der Waals surface area contributed by atoms with Gasteiger partial charge in [0.2, 0.25) is 5.91 Å². The van der Waals surface area contributed by atoms with Gasteiger partial charge in [0.05, 0.1) is 0 Å². The molecule has 2 amide bonds. The lowest BCUT2D eigenvalue weighted by molar-refractivity contribution is -0.122. The van der Waals surface area contributed by atoms with E-state index in [9.17, 15) is 9.59 Å². The highest BCUT2D eigenvalue weighted by Crippen LogP contribution is 2.15. The predicted octanol–water partition coefficient (Wildman–Crippen LogP) is 5.44. The summed E-state index contributed by atoms with van der Waals surface area (Å²) < 4.78 is 0. The van der Waals surface area contributed by atoms with E-state index in [1.165, 1.54) is 30.4 Å². The summed E-state index contributed by atoms with van der Waals surface area (Å²) in [6.07, 6.45) is 7.87. The second-order valence-corrected chi connectivity index (χ2v) is 9.80. The summed E-state index contributed by atoms with van der Waals surface area (Å²) in [6, 6.07) is 18.8. The topological polar surface area (TPSA) is 52.7 Å². The lowest BCUT2D eigenvalue weighted by Crippen LogP contribution is -2.45. The minimum absolute atomic E-state index is 0.0222. The molecule has 5 nitrogen and oxygen atoms in total. The smallest absolute Gasteiger partial charge is 0.253 e. The molecule has 0 bridgehead atoms. The average molecular weight is 478 g/mol. The number of nitrogens with zero attached hydrogens (tertiary/aromatic N) is 2. The van der Waals surface area contributed by atoms with Crippen LogP contribution in [0.15, 0.2) is 54.6 Å². The Labute approximate surface area is 211 Å². The first-order valence-electron chi connectivity index (χ1n) is 13.5. The van der Waals surface area contributed by atoms with E-state index < -0.39 is 0 Å². The van der Waals surface area contributed by atoms with Crippen molar-refractivity contribution in [3.8, 4) is 0 Å². The normalized spacial score (nSPS) is 14.6. The average Bonchev–Trinajstić information content (AvgIpc) is 2.88. The molecule has 0 radical (unpaired) electrons. The Morgan fingerprint density at radius 1 is 0.886 bits per heavy atom. The molecular formula is C30H43N3O2. The first-order chi connectivity index (χ1) is 17.1. The molecule has 190 valence electrons. The van der Waals surface area contributed by atoms with E-state index in [1.54, 1.807) is 0 Å². The molecule has 35 heavy (non-hydrogen) atoms. The predicted molar refractivity (Wildman–Crippen MR) is 143 cm³/mol. The van der Waals surface area contributed by atoms with Crippen molar-refractivity contribution in [2.75, 3.05) is 26.2 Å². The fraction of sp³-hybridized carbons (Fsp3) is 0.533. The number of carbonyl (C=O) groups is 2. The molecule has 1 aliphatic rings. The van der Waals surface area contributed by atoms with Gasteiger partial charge >= 0.3 is 0 Å². The molecule has 0 saturated carbocycles. The number of nitrogens with one attached hydrogen (secondary N) is 1. The number of benzene rings is 2. The van der Waals surface area contributed by atoms with Gasteiger partial charge in [0.1, 0.15) is 0 Å². The molecular weight excluding hydrogens is 434 g/mol. The van der Waals surface area contributed by atoms with Gasteiger partial charge in [0.15, 0.2) is 0 Å². The van der Waals surface area contributed by atoms with Crippen LogP contribution in [-0.4, -0.2) is 53.8 Å². The maximum absolute atomic E-state index is 13.1. The van der Waals surface area contributed by atoms with E-state index in [0.29, 0.717) is 25.1 Å². The first kappa shape index (κ1) is 26.9. The van der Waals surface area contributed by atoms with Crippen LogP contribution in [0.5, 0.6) is 0 Å². The highest BCUT2D eigenvalue weighted by atomic mass is 16.2. The summed E-state index contributed by atoms with van der Waals surface area (Å²) >= 11 is 0. The number of hydrogen-bond donors (Lipinski definition) is 1. The van der Waals surface area contributed by atoms with Crippen LogP contribution in [0.1, 0.15) is 80.3 Å². The summed E-state index contributed by atoms with van der Waals surface area (Å²) in [6.45, 7) is 8.37. The second-order valence-electron chi connectivity index (χ2n) is 9.80. The number of carbonyl (C=O) groups excluding carboxylic acids is 2. The van der Waals surface area contributed by atoms with E-state index >= 15 is 0 Å². The highest BCUT2D eigenvalue weighted by Gasteiger charge is 2.22. The standard InChI is InChI=1S/C30H43N3O2/c1-3-5-7-10-25-13-15-27(16-14-25)30(35)33(20-4-2)23-19-29(34)31-28-17-21-32(22-18-28)24-26-11-8-6-9-12-26/h6,8-9,11-16,28H,3-5,7,10,17-24H2,1-2H3,(H,31,34). The largest absolute Gasteiger partial charge is 0.353 e. The molecule has 0 atom stereocenters. The number of rotatable bonds is 13. The Bertz CT molecular complexity index is 890. The van der Waals surface area contributed by atoms with Crippen molar-refractivity contribution in [3.63, 3.8) is 0 Å². The van der Waals surface area contributed by atoms with Crippen LogP contribution in [0.2, 0.25) is 0 Å². The molecule has 0 unspecified atom stereocenters. The number of amides is 2. The van der Waals surface area contributed by atoms with E-state index in [2.05, 4.69) is 60.5 Å². The van der Waals surface area contributed by atoms with Crippen molar-refractivity contribution >= 4 is 11.8 Å². The van der Waals surface area contributed by atoms with Crippen LogP contribution in [0.4, 0.5) is 0 Å². The maximum Gasteiger partial charge on any atom is 0.253 e. The first-order valence-corrected chi connectivity index (χ1v) is 13.5. The van der Waals surface area contributed by atoms with E-state index in [0.717, 1.165) is 45.3 Å². The molecule has 1 saturated heterocycles. The van der Waals surface area contributed by atoms with Gasteiger partial charge in [-0.3, -0.25) is 14.5 Å². The molecule has 1 heterocycles. The third-order valence-corrected chi connectivity index (χ3v) is 6.86. The van der Waals surface area contributed by atoms with Crippen molar-refractivity contribution in [1.29, 1.82) is 0 Å². The molecule has 0 spiro atoms. The monoisotopic (exact) mass is 477 g/mol. The van der Waals surface area contributed by atoms with Crippen LogP contribution < -0.4 is 5.32 Å². The number of aryl methyl sites for hydroxylation is 1. The van der Waals surface area contributed by atoms with Crippen LogP contribution in [0, 0.1) is 0 Å². The number of unbranched alkanes of at least 4 members (excludes halogenated alkanes) is 2. The Kier molecular flexibility index (Phi) is 11.3. The highest BCUT2D eigenvalue weighted by molar-refractivity contribution is 5.94. The third-order valence-electron chi connectivity index (χ3n) is 6.86. The SMILES string of the molecule is CCCCCc1ccc(C(=O)N(CCC)CCC(=O)NC2CCN(Cc3ccccc3)CC2)cc1. The molecule has 2 aromatic carbocycles. The molecule has 0 aromatic heterocycles. The molecule has 1 N–H and O–H groups in total. The van der Waals surface area contributed by atoms with Crippen molar-refractivity contribution in [3.05, 3.63) is 71.3 Å². The van der Waals surface area contributed by atoms with E-state index in [1.807, 2.05) is 23.1 Å². The summed E-state index contributed by atoms with van der Waals surface area (Å²) in [4.78, 5) is 30.0. The lowest BCUT2D eigenvalue weighted by atomic mass is 10.0. The van der Waals surface area contributed by atoms with Crippen LogP contribution in [-0.2, 0) is 17.8 Å².